The summed E-state index contributed by atoms with van der Waals surface area (Å²) in [5.74, 6) is -3.24. The van der Waals surface area contributed by atoms with Crippen LogP contribution in [0.2, 0.25) is 6.55 Å². The fourth-order valence-corrected chi connectivity index (χ4v) is 2.78. The maximum Gasteiger partial charge on any atom is 0.701 e. The van der Waals surface area contributed by atoms with Crippen LogP contribution in [0.5, 0.6) is 0 Å². The summed E-state index contributed by atoms with van der Waals surface area (Å²) >= 11 is 0. The summed E-state index contributed by atoms with van der Waals surface area (Å²) in [6.45, 7) is 4.27. The standard InChI is InChI=1S/C11H16O8Si/c1-5-6-10(14)16-7-11(15)19-20(4,17-8(2)12)18-9(3)13/h5-6H,7H2,1-4H3. The van der Waals surface area contributed by atoms with Crippen molar-refractivity contribution in [1.29, 1.82) is 0 Å². The predicted molar refractivity (Wildman–Crippen MR) is 67.0 cm³/mol. The summed E-state index contributed by atoms with van der Waals surface area (Å²) in [5.41, 5.74) is 0. The summed E-state index contributed by atoms with van der Waals surface area (Å²) in [4.78, 5) is 44.3. The number of esters is 1. The fourth-order valence-electron chi connectivity index (χ4n) is 1.14. The Labute approximate surface area is 117 Å². The molecule has 0 radical (unpaired) electrons. The first-order valence-electron chi connectivity index (χ1n) is 5.59. The van der Waals surface area contributed by atoms with Crippen molar-refractivity contribution in [3.8, 4) is 0 Å². The highest BCUT2D eigenvalue weighted by Gasteiger charge is 2.46. The minimum absolute atomic E-state index is 0.686. The molecule has 0 aliphatic carbocycles. The molecule has 0 aromatic heterocycles. The van der Waals surface area contributed by atoms with E-state index in [0.29, 0.717) is 0 Å². The van der Waals surface area contributed by atoms with Gasteiger partial charge in [-0.05, 0) is 6.92 Å². The van der Waals surface area contributed by atoms with Gasteiger partial charge in [0.2, 0.25) is 0 Å². The second-order valence-corrected chi connectivity index (χ2v) is 5.97. The Balaban J connectivity index is 4.57. The molecule has 0 aromatic rings. The topological polar surface area (TPSA) is 105 Å². The zero-order chi connectivity index (χ0) is 15.8. The van der Waals surface area contributed by atoms with E-state index in [4.69, 9.17) is 13.3 Å². The third-order valence-corrected chi connectivity index (χ3v) is 3.51. The Morgan fingerprint density at radius 2 is 1.50 bits per heavy atom. The van der Waals surface area contributed by atoms with Crippen LogP contribution in [0.25, 0.3) is 0 Å². The van der Waals surface area contributed by atoms with Crippen molar-refractivity contribution in [2.24, 2.45) is 0 Å². The van der Waals surface area contributed by atoms with Crippen molar-refractivity contribution in [3.05, 3.63) is 12.2 Å². The van der Waals surface area contributed by atoms with Crippen LogP contribution in [0.3, 0.4) is 0 Å². The summed E-state index contributed by atoms with van der Waals surface area (Å²) in [6.07, 6.45) is 2.55. The maximum absolute atomic E-state index is 11.5. The lowest BCUT2D eigenvalue weighted by atomic mass is 10.5. The number of allylic oxidation sites excluding steroid dienone is 1. The average Bonchev–Trinajstić information content (AvgIpc) is 2.23. The molecule has 0 bridgehead atoms. The van der Waals surface area contributed by atoms with Gasteiger partial charge in [0.1, 0.15) is 0 Å². The fraction of sp³-hybridized carbons (Fsp3) is 0.455. The second kappa shape index (κ2) is 8.10. The Bertz CT molecular complexity index is 412. The van der Waals surface area contributed by atoms with E-state index < -0.39 is 39.3 Å². The largest absolute Gasteiger partial charge is 0.701 e. The van der Waals surface area contributed by atoms with Crippen molar-refractivity contribution in [1.82, 2.24) is 0 Å². The highest BCUT2D eigenvalue weighted by Crippen LogP contribution is 2.10. The first kappa shape index (κ1) is 17.8. The minimum atomic E-state index is -3.79. The van der Waals surface area contributed by atoms with E-state index in [1.807, 2.05) is 0 Å². The Morgan fingerprint density at radius 1 is 1.00 bits per heavy atom. The van der Waals surface area contributed by atoms with Gasteiger partial charge in [0.05, 0.1) is 0 Å². The Kier molecular flexibility index (Phi) is 7.22. The highest BCUT2D eigenvalue weighted by atomic mass is 28.4. The van der Waals surface area contributed by atoms with Crippen molar-refractivity contribution >= 4 is 32.7 Å². The van der Waals surface area contributed by atoms with Gasteiger partial charge in [0.25, 0.3) is 11.9 Å². The van der Waals surface area contributed by atoms with Gasteiger partial charge >= 0.3 is 20.7 Å². The molecule has 0 fully saturated rings. The molecule has 0 amide bonds. The molecule has 0 saturated carbocycles. The summed E-state index contributed by atoms with van der Waals surface area (Å²) < 4.78 is 18.8. The molecule has 0 N–H and O–H groups in total. The van der Waals surface area contributed by atoms with Crippen molar-refractivity contribution < 1.29 is 37.2 Å². The molecule has 0 aliphatic heterocycles. The number of carbonyl (C=O) groups excluding carboxylic acids is 4. The van der Waals surface area contributed by atoms with Gasteiger partial charge in [0.15, 0.2) is 6.61 Å². The molecular formula is C11H16O8Si. The van der Waals surface area contributed by atoms with E-state index in [0.717, 1.165) is 19.9 Å². The minimum Gasteiger partial charge on any atom is -0.455 e. The molecule has 112 valence electrons. The third kappa shape index (κ3) is 8.03. The quantitative estimate of drug-likeness (QED) is 0.393. The summed E-state index contributed by atoms with van der Waals surface area (Å²) in [7, 11) is -3.79. The molecule has 20 heavy (non-hydrogen) atoms. The average molecular weight is 304 g/mol. The molecule has 0 unspecified atom stereocenters. The Hall–Kier alpha value is -2.16. The number of hydrogen-bond acceptors (Lipinski definition) is 8. The number of rotatable bonds is 6. The van der Waals surface area contributed by atoms with E-state index in [1.54, 1.807) is 6.92 Å². The van der Waals surface area contributed by atoms with Gasteiger partial charge in [-0.3, -0.25) is 9.59 Å². The zero-order valence-corrected chi connectivity index (χ0v) is 12.6. The van der Waals surface area contributed by atoms with E-state index in [9.17, 15) is 19.2 Å². The molecule has 0 saturated heterocycles. The van der Waals surface area contributed by atoms with Crippen molar-refractivity contribution in [2.45, 2.75) is 27.3 Å². The van der Waals surface area contributed by atoms with E-state index in [-0.39, 0.29) is 0 Å². The molecule has 8 nitrogen and oxygen atoms in total. The molecule has 0 aromatic carbocycles. The van der Waals surface area contributed by atoms with Crippen LogP contribution in [-0.2, 0) is 37.2 Å². The van der Waals surface area contributed by atoms with Gasteiger partial charge in [-0.1, -0.05) is 6.08 Å². The molecule has 0 spiro atoms. The monoisotopic (exact) mass is 304 g/mol. The number of ether oxygens (including phenoxy) is 1. The normalized spacial score (nSPS) is 10.8. The first-order valence-corrected chi connectivity index (χ1v) is 7.81. The molecule has 0 rings (SSSR count). The smallest absolute Gasteiger partial charge is 0.455 e. The van der Waals surface area contributed by atoms with Crippen LogP contribution in [0.1, 0.15) is 20.8 Å². The molecule has 0 heterocycles. The van der Waals surface area contributed by atoms with Crippen LogP contribution < -0.4 is 0 Å². The van der Waals surface area contributed by atoms with Gasteiger partial charge in [-0.15, -0.1) is 0 Å². The third-order valence-electron chi connectivity index (χ3n) is 1.59. The molecule has 9 heteroatoms. The first-order chi connectivity index (χ1) is 9.18. The lowest BCUT2D eigenvalue weighted by molar-refractivity contribution is -0.156. The Morgan fingerprint density at radius 3 is 1.90 bits per heavy atom. The maximum atomic E-state index is 11.5. The van der Waals surface area contributed by atoms with E-state index in [2.05, 4.69) is 4.74 Å². The summed E-state index contributed by atoms with van der Waals surface area (Å²) in [6, 6.07) is 0. The van der Waals surface area contributed by atoms with Gasteiger partial charge in [-0.2, -0.15) is 0 Å². The van der Waals surface area contributed by atoms with E-state index >= 15 is 0 Å². The lowest BCUT2D eigenvalue weighted by Crippen LogP contribution is -2.47. The highest BCUT2D eigenvalue weighted by molar-refractivity contribution is 6.64. The van der Waals surface area contributed by atoms with Crippen LogP contribution >= 0.6 is 0 Å². The van der Waals surface area contributed by atoms with Crippen LogP contribution in [0.4, 0.5) is 0 Å². The predicted octanol–water partition coefficient (Wildman–Crippen LogP) is 0.344. The van der Waals surface area contributed by atoms with Crippen LogP contribution in [0, 0.1) is 0 Å². The van der Waals surface area contributed by atoms with Crippen LogP contribution in [0.15, 0.2) is 12.2 Å². The number of carbonyl (C=O) groups is 4. The zero-order valence-electron chi connectivity index (χ0n) is 11.6. The van der Waals surface area contributed by atoms with Gasteiger partial charge < -0.3 is 18.0 Å². The van der Waals surface area contributed by atoms with Crippen molar-refractivity contribution in [3.63, 3.8) is 0 Å². The van der Waals surface area contributed by atoms with Gasteiger partial charge in [0, 0.05) is 26.5 Å². The molecule has 0 aliphatic rings. The van der Waals surface area contributed by atoms with E-state index in [1.165, 1.54) is 12.6 Å². The second-order valence-electron chi connectivity index (χ2n) is 3.63. The summed E-state index contributed by atoms with van der Waals surface area (Å²) in [5, 5.41) is 0. The lowest BCUT2D eigenvalue weighted by Gasteiger charge is -2.22. The number of hydrogen-bond donors (Lipinski definition) is 0. The SMILES string of the molecule is CC=CC(=O)OCC(=O)O[Si](C)(OC(C)=O)OC(C)=O. The van der Waals surface area contributed by atoms with Crippen molar-refractivity contribution in [2.75, 3.05) is 6.61 Å². The molecule has 0 atom stereocenters. The van der Waals surface area contributed by atoms with Gasteiger partial charge in [-0.25, -0.2) is 9.59 Å². The van der Waals surface area contributed by atoms with Crippen LogP contribution in [-0.4, -0.2) is 39.3 Å². The molecular weight excluding hydrogens is 288 g/mol.